The average molecular weight is 346 g/mol. The Kier molecular flexibility index (Phi) is 4.31. The third kappa shape index (κ3) is 2.65. The summed E-state index contributed by atoms with van der Waals surface area (Å²) < 4.78 is 11.6. The van der Waals surface area contributed by atoms with Crippen LogP contribution in [0.2, 0.25) is 5.02 Å². The molecule has 6 nitrogen and oxygen atoms in total. The standard InChI is InChI=1S/C17H16ClN3O3/c1-10-16(11-5-4-6-19-9-11)21(22)17(20-10)12-7-13(18)15(24-3)8-14(12)23-2/h4-9,22H,1-3H3. The van der Waals surface area contributed by atoms with Crippen LogP contribution in [-0.4, -0.2) is 34.1 Å². The van der Waals surface area contributed by atoms with Gasteiger partial charge in [0.25, 0.3) is 0 Å². The van der Waals surface area contributed by atoms with Crippen LogP contribution >= 0.6 is 11.6 Å². The van der Waals surface area contributed by atoms with E-state index >= 15 is 0 Å². The van der Waals surface area contributed by atoms with Gasteiger partial charge in [0, 0.05) is 24.0 Å². The molecule has 0 atom stereocenters. The first kappa shape index (κ1) is 16.1. The van der Waals surface area contributed by atoms with Crippen LogP contribution in [0.3, 0.4) is 0 Å². The third-order valence-corrected chi connectivity index (χ3v) is 3.97. The minimum absolute atomic E-state index is 0.327. The lowest BCUT2D eigenvalue weighted by atomic mass is 10.1. The highest BCUT2D eigenvalue weighted by molar-refractivity contribution is 6.32. The molecule has 0 aliphatic heterocycles. The Balaban J connectivity index is 2.20. The summed E-state index contributed by atoms with van der Waals surface area (Å²) in [6.45, 7) is 1.82. The second kappa shape index (κ2) is 6.41. The lowest BCUT2D eigenvalue weighted by molar-refractivity contribution is 0.195. The fourth-order valence-electron chi connectivity index (χ4n) is 2.56. The number of ether oxygens (including phenoxy) is 2. The Hall–Kier alpha value is -2.73. The van der Waals surface area contributed by atoms with E-state index in [2.05, 4.69) is 9.97 Å². The lowest BCUT2D eigenvalue weighted by Crippen LogP contribution is -2.00. The number of hydrogen-bond donors (Lipinski definition) is 1. The van der Waals surface area contributed by atoms with Crippen molar-refractivity contribution < 1.29 is 14.7 Å². The fraction of sp³-hybridized carbons (Fsp3) is 0.176. The highest BCUT2D eigenvalue weighted by Gasteiger charge is 2.21. The Morgan fingerprint density at radius 1 is 1.17 bits per heavy atom. The first-order valence-corrected chi connectivity index (χ1v) is 7.55. The molecule has 0 radical (unpaired) electrons. The van der Waals surface area contributed by atoms with Crippen molar-refractivity contribution in [1.82, 2.24) is 14.7 Å². The number of aromatic nitrogens is 3. The van der Waals surface area contributed by atoms with E-state index in [4.69, 9.17) is 21.1 Å². The zero-order valence-corrected chi connectivity index (χ0v) is 14.2. The van der Waals surface area contributed by atoms with Gasteiger partial charge in [-0.05, 0) is 25.1 Å². The molecule has 0 saturated heterocycles. The number of nitrogens with zero attached hydrogens (tertiary/aromatic N) is 3. The number of benzene rings is 1. The highest BCUT2D eigenvalue weighted by Crippen LogP contribution is 2.39. The largest absolute Gasteiger partial charge is 0.496 e. The predicted molar refractivity (Wildman–Crippen MR) is 90.9 cm³/mol. The van der Waals surface area contributed by atoms with Gasteiger partial charge in [0.05, 0.1) is 30.5 Å². The maximum atomic E-state index is 10.7. The topological polar surface area (TPSA) is 69.4 Å². The molecule has 0 saturated carbocycles. The molecular formula is C17H16ClN3O3. The third-order valence-electron chi connectivity index (χ3n) is 3.68. The molecule has 0 bridgehead atoms. The van der Waals surface area contributed by atoms with E-state index < -0.39 is 0 Å². The molecule has 24 heavy (non-hydrogen) atoms. The van der Waals surface area contributed by atoms with Crippen molar-refractivity contribution in [3.05, 3.63) is 47.4 Å². The van der Waals surface area contributed by atoms with Crippen LogP contribution in [-0.2, 0) is 0 Å². The van der Waals surface area contributed by atoms with Crippen LogP contribution < -0.4 is 9.47 Å². The summed E-state index contributed by atoms with van der Waals surface area (Å²) in [6.07, 6.45) is 3.34. The first-order valence-electron chi connectivity index (χ1n) is 7.17. The fourth-order valence-corrected chi connectivity index (χ4v) is 2.80. The molecule has 0 amide bonds. The van der Waals surface area contributed by atoms with Crippen molar-refractivity contribution in [2.24, 2.45) is 0 Å². The van der Waals surface area contributed by atoms with Gasteiger partial charge in [-0.25, -0.2) is 4.98 Å². The number of aryl methyl sites for hydroxylation is 1. The number of pyridine rings is 1. The van der Waals surface area contributed by atoms with Gasteiger partial charge in [0.1, 0.15) is 17.2 Å². The van der Waals surface area contributed by atoms with Crippen LogP contribution in [0, 0.1) is 6.92 Å². The van der Waals surface area contributed by atoms with Crippen molar-refractivity contribution in [1.29, 1.82) is 0 Å². The normalized spacial score (nSPS) is 10.7. The zero-order valence-electron chi connectivity index (χ0n) is 13.4. The van der Waals surface area contributed by atoms with E-state index in [0.717, 1.165) is 10.3 Å². The summed E-state index contributed by atoms with van der Waals surface area (Å²) in [5, 5.41) is 11.1. The molecule has 1 aromatic carbocycles. The summed E-state index contributed by atoms with van der Waals surface area (Å²) in [5.41, 5.74) is 2.54. The van der Waals surface area contributed by atoms with Gasteiger partial charge in [-0.3, -0.25) is 4.98 Å². The molecule has 0 spiro atoms. The number of hydrogen-bond acceptors (Lipinski definition) is 5. The Bertz CT molecular complexity index is 879. The number of rotatable bonds is 4. The van der Waals surface area contributed by atoms with Gasteiger partial charge in [0.2, 0.25) is 0 Å². The minimum atomic E-state index is 0.327. The highest BCUT2D eigenvalue weighted by atomic mass is 35.5. The van der Waals surface area contributed by atoms with Gasteiger partial charge in [-0.2, -0.15) is 4.73 Å². The minimum Gasteiger partial charge on any atom is -0.496 e. The Morgan fingerprint density at radius 2 is 1.92 bits per heavy atom. The SMILES string of the molecule is COc1cc(OC)c(-c2nc(C)c(-c3cccnc3)n2O)cc1Cl. The summed E-state index contributed by atoms with van der Waals surface area (Å²) in [4.78, 5) is 8.55. The molecule has 124 valence electrons. The van der Waals surface area contributed by atoms with Crippen LogP contribution in [0.5, 0.6) is 11.5 Å². The van der Waals surface area contributed by atoms with Crippen molar-refractivity contribution in [3.8, 4) is 34.1 Å². The van der Waals surface area contributed by atoms with E-state index in [1.165, 1.54) is 14.2 Å². The second-order valence-corrected chi connectivity index (χ2v) is 5.52. The van der Waals surface area contributed by atoms with Gasteiger partial charge in [-0.1, -0.05) is 11.6 Å². The quantitative estimate of drug-likeness (QED) is 0.728. The molecule has 3 rings (SSSR count). The molecule has 0 unspecified atom stereocenters. The molecule has 7 heteroatoms. The molecule has 0 fully saturated rings. The predicted octanol–water partition coefficient (Wildman–Crippen LogP) is 3.83. The molecule has 0 aliphatic rings. The smallest absolute Gasteiger partial charge is 0.180 e. The Labute approximate surface area is 144 Å². The van der Waals surface area contributed by atoms with Crippen LogP contribution in [0.4, 0.5) is 0 Å². The number of halogens is 1. The Morgan fingerprint density at radius 3 is 2.54 bits per heavy atom. The summed E-state index contributed by atoms with van der Waals surface area (Å²) >= 11 is 6.22. The van der Waals surface area contributed by atoms with Gasteiger partial charge in [0.15, 0.2) is 5.82 Å². The molecule has 3 aromatic rings. The van der Waals surface area contributed by atoms with Gasteiger partial charge < -0.3 is 14.7 Å². The summed E-state index contributed by atoms with van der Waals surface area (Å²) in [5.74, 6) is 1.31. The molecule has 0 aliphatic carbocycles. The summed E-state index contributed by atoms with van der Waals surface area (Å²) in [6, 6.07) is 6.96. The van der Waals surface area contributed by atoms with Gasteiger partial charge in [-0.15, -0.1) is 0 Å². The summed E-state index contributed by atoms with van der Waals surface area (Å²) in [7, 11) is 3.06. The van der Waals surface area contributed by atoms with E-state index in [1.54, 1.807) is 30.6 Å². The average Bonchev–Trinajstić information content (AvgIpc) is 2.89. The second-order valence-electron chi connectivity index (χ2n) is 5.11. The van der Waals surface area contributed by atoms with Gasteiger partial charge >= 0.3 is 0 Å². The molecule has 2 aromatic heterocycles. The number of imidazole rings is 1. The van der Waals surface area contributed by atoms with Crippen LogP contribution in [0.1, 0.15) is 5.69 Å². The molecule has 1 N–H and O–H groups in total. The molecular weight excluding hydrogens is 330 g/mol. The van der Waals surface area contributed by atoms with E-state index in [1.807, 2.05) is 13.0 Å². The van der Waals surface area contributed by atoms with E-state index in [9.17, 15) is 5.21 Å². The first-order chi connectivity index (χ1) is 11.6. The lowest BCUT2D eigenvalue weighted by Gasteiger charge is -2.12. The monoisotopic (exact) mass is 345 g/mol. The van der Waals surface area contributed by atoms with E-state index in [0.29, 0.717) is 39.3 Å². The zero-order chi connectivity index (χ0) is 17.3. The maximum Gasteiger partial charge on any atom is 0.180 e. The van der Waals surface area contributed by atoms with Crippen LogP contribution in [0.25, 0.3) is 22.6 Å². The molecule has 2 heterocycles. The van der Waals surface area contributed by atoms with E-state index in [-0.39, 0.29) is 0 Å². The van der Waals surface area contributed by atoms with Crippen molar-refractivity contribution >= 4 is 11.6 Å². The van der Waals surface area contributed by atoms with Crippen LogP contribution in [0.15, 0.2) is 36.7 Å². The number of methoxy groups -OCH3 is 2. The maximum absolute atomic E-state index is 10.7. The van der Waals surface area contributed by atoms with Crippen molar-refractivity contribution in [2.75, 3.05) is 14.2 Å². The van der Waals surface area contributed by atoms with Crippen molar-refractivity contribution in [2.45, 2.75) is 6.92 Å². The van der Waals surface area contributed by atoms with Crippen molar-refractivity contribution in [3.63, 3.8) is 0 Å².